The van der Waals surface area contributed by atoms with Crippen molar-refractivity contribution in [3.63, 3.8) is 0 Å². The number of halogens is 2. The van der Waals surface area contributed by atoms with E-state index in [1.807, 2.05) is 19.1 Å². The minimum atomic E-state index is 0.464. The van der Waals surface area contributed by atoms with Gasteiger partial charge in [-0.15, -0.1) is 0 Å². The summed E-state index contributed by atoms with van der Waals surface area (Å²) < 4.78 is 5.39. The summed E-state index contributed by atoms with van der Waals surface area (Å²) in [4.78, 5) is 4.35. The third-order valence-electron chi connectivity index (χ3n) is 2.29. The number of nitrogens with zero attached hydrogens (tertiary/aromatic N) is 1. The van der Waals surface area contributed by atoms with Gasteiger partial charge in [0.15, 0.2) is 0 Å². The lowest BCUT2D eigenvalue weighted by Crippen LogP contribution is -2.11. The second-order valence-corrected chi connectivity index (χ2v) is 4.31. The molecule has 0 saturated carbocycles. The van der Waals surface area contributed by atoms with Gasteiger partial charge in [-0.05, 0) is 18.7 Å². The third kappa shape index (κ3) is 2.80. The Morgan fingerprint density at radius 2 is 2.18 bits per heavy atom. The highest BCUT2D eigenvalue weighted by molar-refractivity contribution is 6.43. The van der Waals surface area contributed by atoms with Crippen molar-refractivity contribution in [2.45, 2.75) is 13.5 Å². The summed E-state index contributed by atoms with van der Waals surface area (Å²) in [5.41, 5.74) is 1.56. The molecule has 0 spiro atoms. The standard InChI is InChI=1S/C12H12Cl2N2O/c1-2-15-6-8-7-17-12(16-8)9-4-3-5-10(13)11(9)14/h3-5,7,15H,2,6H2,1H3. The van der Waals surface area contributed by atoms with Gasteiger partial charge in [0.25, 0.3) is 0 Å². The van der Waals surface area contributed by atoms with Gasteiger partial charge in [-0.25, -0.2) is 4.98 Å². The molecule has 0 bridgehead atoms. The van der Waals surface area contributed by atoms with Gasteiger partial charge in [-0.2, -0.15) is 0 Å². The van der Waals surface area contributed by atoms with E-state index in [-0.39, 0.29) is 0 Å². The first-order chi connectivity index (χ1) is 8.22. The van der Waals surface area contributed by atoms with Gasteiger partial charge in [0.2, 0.25) is 5.89 Å². The summed E-state index contributed by atoms with van der Waals surface area (Å²) in [6, 6.07) is 5.38. The molecule has 1 N–H and O–H groups in total. The fourth-order valence-electron chi connectivity index (χ4n) is 1.43. The fourth-order valence-corrected chi connectivity index (χ4v) is 1.82. The lowest BCUT2D eigenvalue weighted by atomic mass is 10.2. The van der Waals surface area contributed by atoms with Crippen LogP contribution in [0.3, 0.4) is 0 Å². The van der Waals surface area contributed by atoms with Crippen LogP contribution in [0.25, 0.3) is 11.5 Å². The van der Waals surface area contributed by atoms with Crippen molar-refractivity contribution in [2.75, 3.05) is 6.54 Å². The Hall–Kier alpha value is -1.03. The quantitative estimate of drug-likeness (QED) is 0.920. The lowest BCUT2D eigenvalue weighted by Gasteiger charge is -2.00. The number of hydrogen-bond acceptors (Lipinski definition) is 3. The predicted molar refractivity (Wildman–Crippen MR) is 69.3 cm³/mol. The maximum Gasteiger partial charge on any atom is 0.227 e. The van der Waals surface area contributed by atoms with Crippen molar-refractivity contribution < 1.29 is 4.42 Å². The summed E-state index contributed by atoms with van der Waals surface area (Å²) in [6.45, 7) is 3.60. The van der Waals surface area contributed by atoms with Gasteiger partial charge < -0.3 is 9.73 Å². The summed E-state index contributed by atoms with van der Waals surface area (Å²) in [5, 5.41) is 4.13. The summed E-state index contributed by atoms with van der Waals surface area (Å²) >= 11 is 12.0. The maximum absolute atomic E-state index is 6.09. The number of aromatic nitrogens is 1. The van der Waals surface area contributed by atoms with Crippen molar-refractivity contribution in [1.29, 1.82) is 0 Å². The second-order valence-electron chi connectivity index (χ2n) is 3.53. The largest absolute Gasteiger partial charge is 0.444 e. The molecule has 2 aromatic rings. The van der Waals surface area contributed by atoms with Crippen molar-refractivity contribution in [3.8, 4) is 11.5 Å². The fraction of sp³-hybridized carbons (Fsp3) is 0.250. The molecule has 0 amide bonds. The molecule has 5 heteroatoms. The lowest BCUT2D eigenvalue weighted by molar-refractivity contribution is 0.571. The maximum atomic E-state index is 6.09. The van der Waals surface area contributed by atoms with Crippen LogP contribution in [-0.4, -0.2) is 11.5 Å². The van der Waals surface area contributed by atoms with E-state index in [0.29, 0.717) is 28.0 Å². The van der Waals surface area contributed by atoms with Crippen molar-refractivity contribution >= 4 is 23.2 Å². The Morgan fingerprint density at radius 3 is 2.94 bits per heavy atom. The van der Waals surface area contributed by atoms with Crippen LogP contribution in [0.15, 0.2) is 28.9 Å². The summed E-state index contributed by atoms with van der Waals surface area (Å²) in [7, 11) is 0. The van der Waals surface area contributed by atoms with Gasteiger partial charge in [-0.3, -0.25) is 0 Å². The molecule has 1 aromatic heterocycles. The Labute approximate surface area is 110 Å². The van der Waals surface area contributed by atoms with Crippen LogP contribution in [0.2, 0.25) is 10.0 Å². The minimum absolute atomic E-state index is 0.464. The molecule has 1 heterocycles. The Balaban J connectivity index is 2.27. The van der Waals surface area contributed by atoms with Crippen LogP contribution < -0.4 is 5.32 Å². The molecule has 0 aliphatic heterocycles. The minimum Gasteiger partial charge on any atom is -0.444 e. The Kier molecular flexibility index (Phi) is 4.05. The van der Waals surface area contributed by atoms with E-state index in [0.717, 1.165) is 12.2 Å². The molecule has 1 aromatic carbocycles. The first-order valence-electron chi connectivity index (χ1n) is 5.32. The molecule has 0 aliphatic rings. The normalized spacial score (nSPS) is 10.8. The van der Waals surface area contributed by atoms with E-state index in [2.05, 4.69) is 10.3 Å². The van der Waals surface area contributed by atoms with Crippen LogP contribution in [0, 0.1) is 0 Å². The average Bonchev–Trinajstić information content (AvgIpc) is 2.78. The molecule has 3 nitrogen and oxygen atoms in total. The van der Waals surface area contributed by atoms with Crippen LogP contribution in [-0.2, 0) is 6.54 Å². The SMILES string of the molecule is CCNCc1coc(-c2cccc(Cl)c2Cl)n1. The van der Waals surface area contributed by atoms with Crippen LogP contribution in [0.1, 0.15) is 12.6 Å². The highest BCUT2D eigenvalue weighted by Gasteiger charge is 2.12. The van der Waals surface area contributed by atoms with Crippen LogP contribution in [0.4, 0.5) is 0 Å². The Morgan fingerprint density at radius 1 is 1.35 bits per heavy atom. The zero-order valence-electron chi connectivity index (χ0n) is 9.34. The van der Waals surface area contributed by atoms with E-state index >= 15 is 0 Å². The van der Waals surface area contributed by atoms with Gasteiger partial charge in [-0.1, -0.05) is 36.2 Å². The summed E-state index contributed by atoms with van der Waals surface area (Å²) in [6.07, 6.45) is 1.62. The number of nitrogens with one attached hydrogen (secondary N) is 1. The first kappa shape index (κ1) is 12.4. The van der Waals surface area contributed by atoms with E-state index < -0.39 is 0 Å². The van der Waals surface area contributed by atoms with Gasteiger partial charge in [0, 0.05) is 6.54 Å². The van der Waals surface area contributed by atoms with Crippen molar-refractivity contribution in [3.05, 3.63) is 40.2 Å². The molecule has 17 heavy (non-hydrogen) atoms. The zero-order valence-corrected chi connectivity index (χ0v) is 10.8. The van der Waals surface area contributed by atoms with E-state index in [1.54, 1.807) is 12.3 Å². The molecule has 0 fully saturated rings. The first-order valence-corrected chi connectivity index (χ1v) is 6.07. The second kappa shape index (κ2) is 5.54. The van der Waals surface area contributed by atoms with Crippen molar-refractivity contribution in [1.82, 2.24) is 10.3 Å². The summed E-state index contributed by atoms with van der Waals surface area (Å²) in [5.74, 6) is 0.491. The number of benzene rings is 1. The van der Waals surface area contributed by atoms with Crippen LogP contribution >= 0.6 is 23.2 Å². The van der Waals surface area contributed by atoms with Gasteiger partial charge in [0.1, 0.15) is 6.26 Å². The molecule has 2 rings (SSSR count). The predicted octanol–water partition coefficient (Wildman–Crippen LogP) is 3.76. The Bertz CT molecular complexity index is 511. The molecule has 0 aliphatic carbocycles. The monoisotopic (exact) mass is 270 g/mol. The van der Waals surface area contributed by atoms with Crippen LogP contribution in [0.5, 0.6) is 0 Å². The highest BCUT2D eigenvalue weighted by atomic mass is 35.5. The van der Waals surface area contributed by atoms with E-state index in [9.17, 15) is 0 Å². The smallest absolute Gasteiger partial charge is 0.227 e. The molecule has 0 unspecified atom stereocenters. The third-order valence-corrected chi connectivity index (χ3v) is 3.11. The average molecular weight is 271 g/mol. The molecule has 0 saturated heterocycles. The van der Waals surface area contributed by atoms with E-state index in [1.165, 1.54) is 0 Å². The molecule has 0 atom stereocenters. The zero-order chi connectivity index (χ0) is 12.3. The van der Waals surface area contributed by atoms with Gasteiger partial charge >= 0.3 is 0 Å². The highest BCUT2D eigenvalue weighted by Crippen LogP contribution is 2.32. The molecular formula is C12H12Cl2N2O. The van der Waals surface area contributed by atoms with Gasteiger partial charge in [0.05, 0.1) is 21.3 Å². The molecular weight excluding hydrogens is 259 g/mol. The van der Waals surface area contributed by atoms with E-state index in [4.69, 9.17) is 27.6 Å². The number of rotatable bonds is 4. The number of hydrogen-bond donors (Lipinski definition) is 1. The number of oxazole rings is 1. The topological polar surface area (TPSA) is 38.1 Å². The molecule has 0 radical (unpaired) electrons. The molecule has 90 valence electrons. The van der Waals surface area contributed by atoms with Crippen molar-refractivity contribution in [2.24, 2.45) is 0 Å².